The van der Waals surface area contributed by atoms with E-state index in [0.29, 0.717) is 0 Å². The van der Waals surface area contributed by atoms with Gasteiger partial charge in [0.15, 0.2) is 11.0 Å². The van der Waals surface area contributed by atoms with E-state index in [1.54, 1.807) is 11.3 Å². The number of anilines is 1. The number of fused-ring (bicyclic) bond motifs is 1. The van der Waals surface area contributed by atoms with Crippen LogP contribution >= 0.6 is 11.3 Å². The number of benzene rings is 2. The number of aromatic nitrogens is 5. The molecule has 0 radical (unpaired) electrons. The molecule has 1 fully saturated rings. The van der Waals surface area contributed by atoms with E-state index >= 15 is 0 Å². The lowest BCUT2D eigenvalue weighted by Crippen LogP contribution is -2.48. The summed E-state index contributed by atoms with van der Waals surface area (Å²) in [6.07, 6.45) is 0.967. The molecule has 0 bridgehead atoms. The summed E-state index contributed by atoms with van der Waals surface area (Å²) in [5, 5.41) is 13.7. The van der Waals surface area contributed by atoms with Crippen LogP contribution in [0.25, 0.3) is 15.9 Å². The van der Waals surface area contributed by atoms with Crippen molar-refractivity contribution < 1.29 is 0 Å². The minimum absolute atomic E-state index is 0.197. The molecule has 0 saturated carbocycles. The molecular formula is C21H23N7S. The lowest BCUT2D eigenvalue weighted by Gasteiger charge is -2.38. The van der Waals surface area contributed by atoms with Gasteiger partial charge in [0, 0.05) is 26.2 Å². The van der Waals surface area contributed by atoms with Gasteiger partial charge in [-0.3, -0.25) is 4.90 Å². The zero-order valence-electron chi connectivity index (χ0n) is 16.3. The van der Waals surface area contributed by atoms with Crippen LogP contribution in [0.4, 0.5) is 5.13 Å². The third kappa shape index (κ3) is 3.49. The van der Waals surface area contributed by atoms with E-state index in [-0.39, 0.29) is 6.04 Å². The van der Waals surface area contributed by atoms with Crippen molar-refractivity contribution in [2.45, 2.75) is 19.4 Å². The smallest absolute Gasteiger partial charge is 0.186 e. The van der Waals surface area contributed by atoms with Gasteiger partial charge in [-0.05, 0) is 41.1 Å². The van der Waals surface area contributed by atoms with Crippen LogP contribution < -0.4 is 4.90 Å². The van der Waals surface area contributed by atoms with Gasteiger partial charge in [0.1, 0.15) is 0 Å². The zero-order valence-corrected chi connectivity index (χ0v) is 17.2. The quantitative estimate of drug-likeness (QED) is 0.506. The molecule has 5 rings (SSSR count). The van der Waals surface area contributed by atoms with Crippen LogP contribution in [0.5, 0.6) is 0 Å². The fourth-order valence-corrected chi connectivity index (χ4v) is 5.00. The van der Waals surface area contributed by atoms with Gasteiger partial charge in [-0.2, -0.15) is 4.68 Å². The highest BCUT2D eigenvalue weighted by molar-refractivity contribution is 7.22. The molecule has 8 heteroatoms. The maximum absolute atomic E-state index is 4.82. The first-order valence-electron chi connectivity index (χ1n) is 10.0. The highest BCUT2D eigenvalue weighted by Gasteiger charge is 2.29. The summed E-state index contributed by atoms with van der Waals surface area (Å²) >= 11 is 1.78. The highest BCUT2D eigenvalue weighted by atomic mass is 32.1. The molecule has 0 amide bonds. The number of piperazine rings is 1. The molecule has 7 nitrogen and oxygen atoms in total. The molecule has 3 heterocycles. The van der Waals surface area contributed by atoms with Crippen molar-refractivity contribution in [3.05, 3.63) is 60.4 Å². The molecule has 1 atom stereocenters. The van der Waals surface area contributed by atoms with Gasteiger partial charge in [0.25, 0.3) is 0 Å². The molecule has 148 valence electrons. The Morgan fingerprint density at radius 2 is 1.72 bits per heavy atom. The summed E-state index contributed by atoms with van der Waals surface area (Å²) in [4.78, 5) is 9.71. The molecule has 0 aliphatic carbocycles. The van der Waals surface area contributed by atoms with Gasteiger partial charge >= 0.3 is 0 Å². The Labute approximate surface area is 173 Å². The number of nitrogens with zero attached hydrogens (tertiary/aromatic N) is 7. The number of hydrogen-bond donors (Lipinski definition) is 0. The fraction of sp³-hybridized carbons (Fsp3) is 0.333. The van der Waals surface area contributed by atoms with E-state index in [1.807, 2.05) is 41.1 Å². The van der Waals surface area contributed by atoms with Gasteiger partial charge in [0.05, 0.1) is 21.9 Å². The molecule has 1 aliphatic rings. The van der Waals surface area contributed by atoms with Gasteiger partial charge in [0.2, 0.25) is 0 Å². The Kier molecular flexibility index (Phi) is 4.95. The molecule has 2 aromatic carbocycles. The van der Waals surface area contributed by atoms with Crippen molar-refractivity contribution in [3.8, 4) is 5.69 Å². The summed E-state index contributed by atoms with van der Waals surface area (Å²) in [5.74, 6) is 0.909. The standard InChI is InChI=1S/C21H23N7S/c1-2-18(20-23-24-25-28(20)16-8-4-3-5-9-16)26-12-14-27(15-13-26)21-22-17-10-6-7-11-19(17)29-21/h3-11,18H,2,12-15H2,1H3. The molecule has 2 aromatic heterocycles. The van der Waals surface area contributed by atoms with E-state index in [4.69, 9.17) is 4.98 Å². The first kappa shape index (κ1) is 18.2. The molecule has 1 saturated heterocycles. The number of para-hydroxylation sites is 2. The number of tetrazole rings is 1. The Morgan fingerprint density at radius 1 is 0.966 bits per heavy atom. The van der Waals surface area contributed by atoms with Crippen molar-refractivity contribution in [1.29, 1.82) is 0 Å². The van der Waals surface area contributed by atoms with Crippen molar-refractivity contribution in [2.24, 2.45) is 0 Å². The number of thiazole rings is 1. The predicted octanol–water partition coefficient (Wildman–Crippen LogP) is 3.55. The minimum Gasteiger partial charge on any atom is -0.345 e. The zero-order chi connectivity index (χ0) is 19.6. The Balaban J connectivity index is 1.33. The van der Waals surface area contributed by atoms with Crippen LogP contribution in [-0.4, -0.2) is 56.3 Å². The molecular weight excluding hydrogens is 382 g/mol. The van der Waals surface area contributed by atoms with Gasteiger partial charge in [-0.1, -0.05) is 48.6 Å². The minimum atomic E-state index is 0.197. The van der Waals surface area contributed by atoms with Crippen molar-refractivity contribution in [1.82, 2.24) is 30.1 Å². The maximum atomic E-state index is 4.82. The molecule has 4 aromatic rings. The van der Waals surface area contributed by atoms with Crippen LogP contribution in [0.1, 0.15) is 25.2 Å². The van der Waals surface area contributed by atoms with Crippen molar-refractivity contribution in [3.63, 3.8) is 0 Å². The fourth-order valence-electron chi connectivity index (χ4n) is 3.98. The summed E-state index contributed by atoms with van der Waals surface area (Å²) < 4.78 is 3.12. The SMILES string of the molecule is CCC(c1nnnn1-c1ccccc1)N1CCN(c2nc3ccccc3s2)CC1. The van der Waals surface area contributed by atoms with E-state index in [2.05, 4.69) is 50.4 Å². The van der Waals surface area contributed by atoms with E-state index < -0.39 is 0 Å². The molecule has 0 N–H and O–H groups in total. The van der Waals surface area contributed by atoms with E-state index in [0.717, 1.165) is 54.8 Å². The van der Waals surface area contributed by atoms with E-state index in [1.165, 1.54) is 4.70 Å². The lowest BCUT2D eigenvalue weighted by atomic mass is 10.1. The van der Waals surface area contributed by atoms with Crippen LogP contribution in [0.2, 0.25) is 0 Å². The van der Waals surface area contributed by atoms with E-state index in [9.17, 15) is 0 Å². The third-order valence-corrected chi connectivity index (χ3v) is 6.58. The summed E-state index contributed by atoms with van der Waals surface area (Å²) in [6.45, 7) is 6.06. The summed E-state index contributed by atoms with van der Waals surface area (Å²) in [7, 11) is 0. The van der Waals surface area contributed by atoms with Gasteiger partial charge < -0.3 is 4.90 Å². The van der Waals surface area contributed by atoms with Crippen LogP contribution in [0.15, 0.2) is 54.6 Å². The normalized spacial score (nSPS) is 16.4. The second-order valence-corrected chi connectivity index (χ2v) is 8.20. The first-order valence-corrected chi connectivity index (χ1v) is 10.8. The lowest BCUT2D eigenvalue weighted by molar-refractivity contribution is 0.172. The largest absolute Gasteiger partial charge is 0.345 e. The third-order valence-electron chi connectivity index (χ3n) is 5.49. The van der Waals surface area contributed by atoms with Crippen molar-refractivity contribution in [2.75, 3.05) is 31.1 Å². The average molecular weight is 406 g/mol. The molecule has 1 unspecified atom stereocenters. The first-order chi connectivity index (χ1) is 14.3. The second-order valence-electron chi connectivity index (χ2n) is 7.20. The Hall–Kier alpha value is -2.84. The number of rotatable bonds is 5. The van der Waals surface area contributed by atoms with Gasteiger partial charge in [-0.15, -0.1) is 5.10 Å². The number of hydrogen-bond acceptors (Lipinski definition) is 7. The highest BCUT2D eigenvalue weighted by Crippen LogP contribution is 2.31. The molecule has 1 aliphatic heterocycles. The van der Waals surface area contributed by atoms with Crippen LogP contribution in [0.3, 0.4) is 0 Å². The van der Waals surface area contributed by atoms with Crippen LogP contribution in [-0.2, 0) is 0 Å². The maximum Gasteiger partial charge on any atom is 0.186 e. The monoisotopic (exact) mass is 405 g/mol. The second kappa shape index (κ2) is 7.88. The van der Waals surface area contributed by atoms with Crippen molar-refractivity contribution >= 4 is 26.7 Å². The van der Waals surface area contributed by atoms with Crippen LogP contribution in [0, 0.1) is 0 Å². The molecule has 29 heavy (non-hydrogen) atoms. The molecule has 0 spiro atoms. The summed E-state index contributed by atoms with van der Waals surface area (Å²) in [6, 6.07) is 18.7. The summed E-state index contributed by atoms with van der Waals surface area (Å²) in [5.41, 5.74) is 2.09. The predicted molar refractivity (Wildman–Crippen MR) is 116 cm³/mol. The average Bonchev–Trinajstić information content (AvgIpc) is 3.43. The van der Waals surface area contributed by atoms with Gasteiger partial charge in [-0.25, -0.2) is 4.98 Å². The topological polar surface area (TPSA) is 63.0 Å². The Morgan fingerprint density at radius 3 is 2.48 bits per heavy atom. The Bertz CT molecular complexity index is 1050.